The third-order valence-corrected chi connectivity index (χ3v) is 4.37. The minimum absolute atomic E-state index is 0.0846. The number of likely N-dealkylation sites (tertiary alicyclic amines) is 1. The second-order valence-corrected chi connectivity index (χ2v) is 6.35. The Morgan fingerprint density at radius 3 is 2.95 bits per heavy atom. The van der Waals surface area contributed by atoms with Gasteiger partial charge in [-0.1, -0.05) is 4.68 Å². The Labute approximate surface area is 124 Å². The van der Waals surface area contributed by atoms with Crippen LogP contribution >= 0.6 is 0 Å². The summed E-state index contributed by atoms with van der Waals surface area (Å²) in [6.07, 6.45) is 5.03. The third-order valence-electron chi connectivity index (χ3n) is 4.37. The van der Waals surface area contributed by atoms with Crippen LogP contribution in [0.4, 0.5) is 0 Å². The Bertz CT molecular complexity index is 573. The summed E-state index contributed by atoms with van der Waals surface area (Å²) in [5.41, 5.74) is 0.0120. The van der Waals surface area contributed by atoms with Gasteiger partial charge in [0.25, 0.3) is 0 Å². The van der Waals surface area contributed by atoms with Crippen molar-refractivity contribution in [1.29, 1.82) is 0 Å². The van der Waals surface area contributed by atoms with Gasteiger partial charge in [-0.15, -0.1) is 0 Å². The maximum Gasteiger partial charge on any atom is 0.223 e. The summed E-state index contributed by atoms with van der Waals surface area (Å²) in [6, 6.07) is 1.37. The molecule has 0 aromatic carbocycles. The lowest BCUT2D eigenvalue weighted by Gasteiger charge is -2.46. The largest absolute Gasteiger partial charge is 0.484 e. The molecular formula is C15H22N3O3+. The summed E-state index contributed by atoms with van der Waals surface area (Å²) >= 11 is 0. The second kappa shape index (κ2) is 4.87. The molecule has 0 radical (unpaired) electrons. The van der Waals surface area contributed by atoms with Gasteiger partial charge in [-0.2, -0.15) is 0 Å². The van der Waals surface area contributed by atoms with E-state index in [9.17, 15) is 9.90 Å². The van der Waals surface area contributed by atoms with Crippen molar-refractivity contribution in [2.24, 2.45) is 0 Å². The number of ether oxygens (including phenoxy) is 1. The predicted molar refractivity (Wildman–Crippen MR) is 75.8 cm³/mol. The van der Waals surface area contributed by atoms with E-state index in [2.05, 4.69) is 0 Å². The molecule has 21 heavy (non-hydrogen) atoms. The number of pyridine rings is 1. The quantitative estimate of drug-likeness (QED) is 0.575. The number of aliphatic hydroxyl groups excluding tert-OH is 1. The van der Waals surface area contributed by atoms with Gasteiger partial charge in [0.2, 0.25) is 18.3 Å². The van der Waals surface area contributed by atoms with E-state index in [1.54, 1.807) is 23.4 Å². The van der Waals surface area contributed by atoms with E-state index in [0.29, 0.717) is 18.7 Å². The van der Waals surface area contributed by atoms with Gasteiger partial charge >= 0.3 is 0 Å². The molecule has 3 heterocycles. The maximum atomic E-state index is 12.3. The summed E-state index contributed by atoms with van der Waals surface area (Å²) in [5.74, 6) is 6.56. The molecule has 0 saturated carbocycles. The third kappa shape index (κ3) is 2.33. The number of amides is 1. The molecular weight excluding hydrogens is 270 g/mol. The van der Waals surface area contributed by atoms with E-state index in [0.717, 1.165) is 18.4 Å². The minimum Gasteiger partial charge on any atom is -0.484 e. The van der Waals surface area contributed by atoms with Crippen LogP contribution < -0.4 is 15.3 Å². The molecule has 1 amide bonds. The lowest BCUT2D eigenvalue weighted by molar-refractivity contribution is -0.639. The number of nitrogen functional groups attached to an aromatic ring is 1. The highest BCUT2D eigenvalue weighted by atomic mass is 16.5. The van der Waals surface area contributed by atoms with Crippen LogP contribution in [0.15, 0.2) is 18.5 Å². The molecule has 0 spiro atoms. The Balaban J connectivity index is 2.08. The number of nitrogens with zero attached hydrogens (tertiary/aromatic N) is 2. The molecule has 1 aromatic heterocycles. The van der Waals surface area contributed by atoms with Crippen molar-refractivity contribution in [3.63, 3.8) is 0 Å². The fraction of sp³-hybridized carbons (Fsp3) is 0.600. The topological polar surface area (TPSA) is 79.7 Å². The lowest BCUT2D eigenvalue weighted by atomic mass is 9.85. The van der Waals surface area contributed by atoms with Gasteiger partial charge in [-0.3, -0.25) is 4.79 Å². The molecule has 3 rings (SSSR count). The molecule has 2 atom stereocenters. The molecule has 6 nitrogen and oxygen atoms in total. The van der Waals surface area contributed by atoms with Crippen LogP contribution in [0.25, 0.3) is 0 Å². The van der Waals surface area contributed by atoms with Crippen molar-refractivity contribution < 1.29 is 19.3 Å². The van der Waals surface area contributed by atoms with Crippen LogP contribution in [0.3, 0.4) is 0 Å². The highest BCUT2D eigenvalue weighted by molar-refractivity contribution is 5.77. The fourth-order valence-corrected chi connectivity index (χ4v) is 3.19. The van der Waals surface area contributed by atoms with E-state index in [1.165, 1.54) is 4.68 Å². The summed E-state index contributed by atoms with van der Waals surface area (Å²) in [7, 11) is 0. The van der Waals surface area contributed by atoms with Gasteiger partial charge in [0.15, 0.2) is 0 Å². The first-order chi connectivity index (χ1) is 9.90. The molecule has 3 N–H and O–H groups in total. The number of rotatable bonds is 1. The summed E-state index contributed by atoms with van der Waals surface area (Å²) in [6.45, 7) is 4.34. The average molecular weight is 292 g/mol. The maximum absolute atomic E-state index is 12.3. The molecule has 0 unspecified atom stereocenters. The van der Waals surface area contributed by atoms with Gasteiger partial charge in [0.1, 0.15) is 17.5 Å². The smallest absolute Gasteiger partial charge is 0.223 e. The monoisotopic (exact) mass is 292 g/mol. The number of carbonyl (C=O) groups is 1. The number of hydrogen-bond donors (Lipinski definition) is 2. The standard InChI is InChI=1S/C15H22N3O3/c1-15(2)14(20)13(18-7-4-3-5-12(18)19)10-9-17(16)8-6-11(10)21-15/h6,8-9,13-14,20H,3-5,7,16H2,1-2H3/q+1/t13-,14+/m0/s1. The van der Waals surface area contributed by atoms with Crippen LogP contribution in [-0.4, -0.2) is 34.2 Å². The zero-order chi connectivity index (χ0) is 15.2. The lowest BCUT2D eigenvalue weighted by Crippen LogP contribution is -2.56. The van der Waals surface area contributed by atoms with Gasteiger partial charge in [0, 0.05) is 19.0 Å². The van der Waals surface area contributed by atoms with Crippen LogP contribution in [0.1, 0.15) is 44.7 Å². The van der Waals surface area contributed by atoms with Gasteiger partial charge < -0.3 is 14.7 Å². The zero-order valence-corrected chi connectivity index (χ0v) is 12.5. The molecule has 2 aliphatic heterocycles. The summed E-state index contributed by atoms with van der Waals surface area (Å²) in [5, 5.41) is 10.7. The SMILES string of the molecule is CC1(C)Oc2cc[n+](N)cc2[C@H](N2CCCCC2=O)[C@H]1O. The molecule has 1 fully saturated rings. The van der Waals surface area contributed by atoms with E-state index >= 15 is 0 Å². The molecule has 114 valence electrons. The Morgan fingerprint density at radius 1 is 1.48 bits per heavy atom. The van der Waals surface area contributed by atoms with Crippen molar-refractivity contribution in [2.45, 2.75) is 50.9 Å². The molecule has 1 aromatic rings. The van der Waals surface area contributed by atoms with Crippen LogP contribution in [0.2, 0.25) is 0 Å². The minimum atomic E-state index is -0.797. The number of hydrogen-bond acceptors (Lipinski definition) is 4. The van der Waals surface area contributed by atoms with Crippen LogP contribution in [0, 0.1) is 0 Å². The Hall–Kier alpha value is -1.82. The summed E-state index contributed by atoms with van der Waals surface area (Å²) in [4.78, 5) is 14.1. The zero-order valence-electron chi connectivity index (χ0n) is 12.5. The van der Waals surface area contributed by atoms with Crippen molar-refractivity contribution in [2.75, 3.05) is 12.4 Å². The number of aromatic nitrogens is 1. The van der Waals surface area contributed by atoms with E-state index in [1.807, 2.05) is 13.8 Å². The highest BCUT2D eigenvalue weighted by Gasteiger charge is 2.48. The number of aliphatic hydroxyl groups is 1. The van der Waals surface area contributed by atoms with Crippen molar-refractivity contribution >= 4 is 5.91 Å². The molecule has 6 heteroatoms. The van der Waals surface area contributed by atoms with Crippen LogP contribution in [0.5, 0.6) is 5.75 Å². The number of carbonyl (C=O) groups excluding carboxylic acids is 1. The Morgan fingerprint density at radius 2 is 2.24 bits per heavy atom. The first-order valence-electron chi connectivity index (χ1n) is 7.37. The van der Waals surface area contributed by atoms with E-state index in [4.69, 9.17) is 10.6 Å². The number of nitrogens with two attached hydrogens (primary N) is 1. The van der Waals surface area contributed by atoms with E-state index in [-0.39, 0.29) is 5.91 Å². The molecule has 0 bridgehead atoms. The predicted octanol–water partition coefficient (Wildman–Crippen LogP) is 0.273. The number of fused-ring (bicyclic) bond motifs is 1. The molecule has 1 saturated heterocycles. The fourth-order valence-electron chi connectivity index (χ4n) is 3.19. The first kappa shape index (κ1) is 14.1. The Kier molecular flexibility index (Phi) is 3.28. The van der Waals surface area contributed by atoms with Gasteiger partial charge in [0.05, 0.1) is 11.6 Å². The molecule has 0 aliphatic carbocycles. The average Bonchev–Trinajstić information content (AvgIpc) is 2.42. The highest BCUT2D eigenvalue weighted by Crippen LogP contribution is 2.42. The number of piperidine rings is 1. The van der Waals surface area contributed by atoms with Crippen molar-refractivity contribution in [3.05, 3.63) is 24.0 Å². The summed E-state index contributed by atoms with van der Waals surface area (Å²) < 4.78 is 7.31. The second-order valence-electron chi connectivity index (χ2n) is 6.35. The van der Waals surface area contributed by atoms with Crippen LogP contribution in [-0.2, 0) is 4.79 Å². The first-order valence-corrected chi connectivity index (χ1v) is 7.37. The van der Waals surface area contributed by atoms with Crippen molar-refractivity contribution in [3.8, 4) is 5.75 Å². The van der Waals surface area contributed by atoms with Gasteiger partial charge in [-0.25, -0.2) is 5.84 Å². The molecule has 2 aliphatic rings. The van der Waals surface area contributed by atoms with Gasteiger partial charge in [-0.05, 0) is 26.7 Å². The van der Waals surface area contributed by atoms with E-state index < -0.39 is 17.7 Å². The normalized spacial score (nSPS) is 28.0. The van der Waals surface area contributed by atoms with Crippen molar-refractivity contribution in [1.82, 2.24) is 4.90 Å².